The number of nitrogens with two attached hydrogens (primary N) is 1. The van der Waals surface area contributed by atoms with E-state index in [1.807, 2.05) is 43.1 Å². The van der Waals surface area contributed by atoms with E-state index in [-0.39, 0.29) is 22.4 Å². The summed E-state index contributed by atoms with van der Waals surface area (Å²) in [6, 6.07) is 3.73. The Kier molecular flexibility index (Phi) is 3.88. The number of rotatable bonds is 2. The molecule has 8 nitrogen and oxygen atoms in total. The first-order valence-corrected chi connectivity index (χ1v) is 11.1. The van der Waals surface area contributed by atoms with E-state index in [1.165, 1.54) is 0 Å². The van der Waals surface area contributed by atoms with Crippen molar-refractivity contribution in [1.29, 1.82) is 0 Å². The standard InChI is InChI=1S/C24H26N6O2/c1-14-19-15(13-29(2)28-19)11-16(20(14)31)21-26-12-17-18(27-21)3-10-30(22(17)32)24-7-4-23(25,5-8-24)6-9-24/h3,10-13,31H,4-9,25H2,1-2H3. The van der Waals surface area contributed by atoms with Gasteiger partial charge < -0.3 is 15.4 Å². The maximum Gasteiger partial charge on any atom is 0.262 e. The van der Waals surface area contributed by atoms with Gasteiger partial charge in [0.25, 0.3) is 5.56 Å². The molecule has 0 spiro atoms. The van der Waals surface area contributed by atoms with Crippen LogP contribution in [0.2, 0.25) is 0 Å². The number of fused-ring (bicyclic) bond motifs is 5. The lowest BCUT2D eigenvalue weighted by Crippen LogP contribution is -2.57. The first-order valence-electron chi connectivity index (χ1n) is 11.1. The first-order chi connectivity index (χ1) is 15.3. The average molecular weight is 431 g/mol. The quantitative estimate of drug-likeness (QED) is 0.505. The number of nitrogens with zero attached hydrogens (tertiary/aromatic N) is 5. The fraction of sp³-hybridized carbons (Fsp3) is 0.417. The summed E-state index contributed by atoms with van der Waals surface area (Å²) in [5.74, 6) is 0.500. The molecular formula is C24H26N6O2. The van der Waals surface area contributed by atoms with E-state index in [0.717, 1.165) is 49.4 Å². The zero-order chi connectivity index (χ0) is 22.3. The molecule has 1 aromatic carbocycles. The normalized spacial score (nSPS) is 25.1. The van der Waals surface area contributed by atoms with Crippen molar-refractivity contribution in [1.82, 2.24) is 24.3 Å². The summed E-state index contributed by atoms with van der Waals surface area (Å²) in [7, 11) is 1.85. The van der Waals surface area contributed by atoms with Crippen LogP contribution in [0.1, 0.15) is 44.1 Å². The summed E-state index contributed by atoms with van der Waals surface area (Å²) >= 11 is 0. The van der Waals surface area contributed by atoms with Crippen molar-refractivity contribution in [3.8, 4) is 17.1 Å². The number of aromatic hydroxyl groups is 1. The molecule has 4 aromatic rings. The molecule has 0 unspecified atom stereocenters. The van der Waals surface area contributed by atoms with Crippen molar-refractivity contribution in [2.75, 3.05) is 0 Å². The van der Waals surface area contributed by atoms with Crippen molar-refractivity contribution >= 4 is 21.8 Å². The molecule has 3 heterocycles. The fourth-order valence-electron chi connectivity index (χ4n) is 5.70. The highest BCUT2D eigenvalue weighted by Crippen LogP contribution is 2.49. The Morgan fingerprint density at radius 1 is 1.16 bits per heavy atom. The van der Waals surface area contributed by atoms with Gasteiger partial charge in [-0.2, -0.15) is 5.10 Å². The van der Waals surface area contributed by atoms with Gasteiger partial charge in [-0.3, -0.25) is 9.48 Å². The van der Waals surface area contributed by atoms with E-state index in [4.69, 9.17) is 5.73 Å². The van der Waals surface area contributed by atoms with Crippen LogP contribution in [-0.2, 0) is 12.6 Å². The van der Waals surface area contributed by atoms with E-state index < -0.39 is 0 Å². The zero-order valence-corrected chi connectivity index (χ0v) is 18.3. The van der Waals surface area contributed by atoms with Gasteiger partial charge in [-0.25, -0.2) is 9.97 Å². The number of phenolic OH excluding ortho intramolecular Hbond substituents is 1. The number of benzene rings is 1. The second kappa shape index (κ2) is 6.38. The molecule has 164 valence electrons. The zero-order valence-electron chi connectivity index (χ0n) is 18.3. The van der Waals surface area contributed by atoms with Gasteiger partial charge in [0.05, 0.1) is 22.0 Å². The van der Waals surface area contributed by atoms with Crippen molar-refractivity contribution in [3.63, 3.8) is 0 Å². The molecule has 0 radical (unpaired) electrons. The Morgan fingerprint density at radius 3 is 2.59 bits per heavy atom. The average Bonchev–Trinajstić information content (AvgIpc) is 3.17. The number of phenols is 1. The minimum Gasteiger partial charge on any atom is -0.507 e. The number of pyridine rings is 1. The van der Waals surface area contributed by atoms with Gasteiger partial charge in [0.1, 0.15) is 5.75 Å². The van der Waals surface area contributed by atoms with Crippen LogP contribution in [0.5, 0.6) is 5.75 Å². The van der Waals surface area contributed by atoms with E-state index in [1.54, 1.807) is 10.9 Å². The largest absolute Gasteiger partial charge is 0.507 e. The molecular weight excluding hydrogens is 404 g/mol. The van der Waals surface area contributed by atoms with Gasteiger partial charge in [-0.05, 0) is 57.6 Å². The van der Waals surface area contributed by atoms with E-state index in [9.17, 15) is 9.90 Å². The minimum absolute atomic E-state index is 0.0459. The second-order valence-corrected chi connectivity index (χ2v) is 9.71. The third-order valence-corrected chi connectivity index (χ3v) is 7.79. The predicted molar refractivity (Wildman–Crippen MR) is 123 cm³/mol. The van der Waals surface area contributed by atoms with E-state index in [0.29, 0.717) is 27.9 Å². The molecule has 3 fully saturated rings. The summed E-state index contributed by atoms with van der Waals surface area (Å²) in [6.45, 7) is 1.83. The van der Waals surface area contributed by atoms with Gasteiger partial charge >= 0.3 is 0 Å². The smallest absolute Gasteiger partial charge is 0.262 e. The molecule has 0 aliphatic heterocycles. The minimum atomic E-state index is -0.147. The Balaban J connectivity index is 1.46. The Labute approximate surface area is 184 Å². The molecule has 3 N–H and O–H groups in total. The molecule has 3 aromatic heterocycles. The molecule has 8 heteroatoms. The van der Waals surface area contributed by atoms with Crippen LogP contribution >= 0.6 is 0 Å². The summed E-state index contributed by atoms with van der Waals surface area (Å²) in [4.78, 5) is 22.6. The van der Waals surface area contributed by atoms with Crippen LogP contribution in [0, 0.1) is 6.92 Å². The Bertz CT molecular complexity index is 1440. The van der Waals surface area contributed by atoms with E-state index in [2.05, 4.69) is 15.1 Å². The predicted octanol–water partition coefficient (Wildman–Crippen LogP) is 3.12. The number of aromatic nitrogens is 5. The molecule has 0 atom stereocenters. The van der Waals surface area contributed by atoms with E-state index >= 15 is 0 Å². The molecule has 0 saturated heterocycles. The molecule has 32 heavy (non-hydrogen) atoms. The van der Waals surface area contributed by atoms with Gasteiger partial charge in [-0.15, -0.1) is 0 Å². The lowest BCUT2D eigenvalue weighted by molar-refractivity contribution is 0.0513. The third kappa shape index (κ3) is 2.65. The van der Waals surface area contributed by atoms with Gasteiger partial charge in [0.2, 0.25) is 0 Å². The van der Waals surface area contributed by atoms with Crippen LogP contribution in [0.4, 0.5) is 0 Å². The Hall–Kier alpha value is -3.26. The van der Waals surface area contributed by atoms with Crippen LogP contribution in [0.3, 0.4) is 0 Å². The Morgan fingerprint density at radius 2 is 1.88 bits per heavy atom. The number of hydrogen-bond acceptors (Lipinski definition) is 6. The highest BCUT2D eigenvalue weighted by Gasteiger charge is 2.48. The highest BCUT2D eigenvalue weighted by atomic mass is 16.3. The van der Waals surface area contributed by atoms with Crippen LogP contribution in [0.15, 0.2) is 35.5 Å². The molecule has 0 amide bonds. The van der Waals surface area contributed by atoms with Gasteiger partial charge in [-0.1, -0.05) is 0 Å². The van der Waals surface area contributed by atoms with Crippen LogP contribution in [0.25, 0.3) is 33.2 Å². The monoisotopic (exact) mass is 430 g/mol. The fourth-order valence-corrected chi connectivity index (χ4v) is 5.70. The van der Waals surface area contributed by atoms with Crippen LogP contribution < -0.4 is 11.3 Å². The summed E-state index contributed by atoms with van der Waals surface area (Å²) < 4.78 is 3.62. The van der Waals surface area contributed by atoms with Crippen molar-refractivity contribution < 1.29 is 5.11 Å². The van der Waals surface area contributed by atoms with Crippen molar-refractivity contribution in [2.24, 2.45) is 12.8 Å². The summed E-state index contributed by atoms with van der Waals surface area (Å²) in [6.07, 6.45) is 11.1. The van der Waals surface area contributed by atoms with Gasteiger partial charge in [0, 0.05) is 47.7 Å². The molecule has 3 saturated carbocycles. The lowest BCUT2D eigenvalue weighted by Gasteiger charge is -2.52. The molecule has 3 aliphatic rings. The molecule has 2 bridgehead atoms. The van der Waals surface area contributed by atoms with Crippen LogP contribution in [-0.4, -0.2) is 35.0 Å². The maximum absolute atomic E-state index is 13.4. The number of aryl methyl sites for hydroxylation is 2. The molecule has 7 rings (SSSR count). The number of hydrogen-bond donors (Lipinski definition) is 2. The summed E-state index contributed by atoms with van der Waals surface area (Å²) in [5.41, 5.74) is 8.76. The molecule has 3 aliphatic carbocycles. The SMILES string of the molecule is Cc1c(O)c(-c2ncc3c(=O)n(C45CCC(N)(CC4)CC5)ccc3n2)cc2cn(C)nc12. The van der Waals surface area contributed by atoms with Crippen molar-refractivity contribution in [2.45, 2.75) is 56.5 Å². The maximum atomic E-state index is 13.4. The third-order valence-electron chi connectivity index (χ3n) is 7.79. The lowest BCUT2D eigenvalue weighted by atomic mass is 9.62. The van der Waals surface area contributed by atoms with Gasteiger partial charge in [0.15, 0.2) is 5.82 Å². The highest BCUT2D eigenvalue weighted by molar-refractivity contribution is 5.90. The second-order valence-electron chi connectivity index (χ2n) is 9.71. The topological polar surface area (TPSA) is 112 Å². The first kappa shape index (κ1) is 19.4. The summed E-state index contributed by atoms with van der Waals surface area (Å²) in [5, 5.41) is 16.6. The van der Waals surface area contributed by atoms with Crippen molar-refractivity contribution in [3.05, 3.63) is 46.6 Å².